The van der Waals surface area contributed by atoms with E-state index in [4.69, 9.17) is 4.74 Å². The van der Waals surface area contributed by atoms with Crippen LogP contribution in [-0.4, -0.2) is 78.9 Å². The molecule has 1 aliphatic heterocycles. The molecule has 204 valence electrons. The molecule has 6 nitrogen and oxygen atoms in total. The molecule has 1 fully saturated rings. The van der Waals surface area contributed by atoms with Crippen LogP contribution in [0.1, 0.15) is 23.7 Å². The van der Waals surface area contributed by atoms with Crippen LogP contribution < -0.4 is 9.64 Å². The van der Waals surface area contributed by atoms with Gasteiger partial charge in [0, 0.05) is 58.4 Å². The first-order chi connectivity index (χ1) is 18.3. The number of rotatable bonds is 11. The number of piperazine rings is 1. The van der Waals surface area contributed by atoms with Crippen molar-refractivity contribution in [3.8, 4) is 5.75 Å². The van der Waals surface area contributed by atoms with Gasteiger partial charge < -0.3 is 19.6 Å². The highest BCUT2D eigenvalue weighted by Crippen LogP contribution is 2.32. The van der Waals surface area contributed by atoms with Crippen molar-refractivity contribution < 1.29 is 23.0 Å². The lowest BCUT2D eigenvalue weighted by Gasteiger charge is -2.36. The summed E-state index contributed by atoms with van der Waals surface area (Å²) in [6, 6.07) is 20.4. The van der Waals surface area contributed by atoms with Crippen LogP contribution in [-0.2, 0) is 6.18 Å². The van der Waals surface area contributed by atoms with Crippen LogP contribution in [0.4, 0.5) is 19.0 Å². The predicted molar refractivity (Wildman–Crippen MR) is 142 cm³/mol. The summed E-state index contributed by atoms with van der Waals surface area (Å²) in [5.74, 6) is 1.37. The summed E-state index contributed by atoms with van der Waals surface area (Å²) in [6.45, 7) is 5.26. The quantitative estimate of drug-likeness (QED) is 0.389. The van der Waals surface area contributed by atoms with Crippen LogP contribution >= 0.6 is 0 Å². The van der Waals surface area contributed by atoms with E-state index in [0.29, 0.717) is 31.8 Å². The van der Waals surface area contributed by atoms with Gasteiger partial charge in [0.05, 0.1) is 11.7 Å². The zero-order valence-corrected chi connectivity index (χ0v) is 21.6. The SMILES string of the molecule is CN(CCC(Oc1ccc(C(F)(F)F)cc1)c1ccccc1)CC(O)CN1CCN(c2ccccn2)CC1. The summed E-state index contributed by atoms with van der Waals surface area (Å²) < 4.78 is 44.9. The number of halogens is 3. The number of ether oxygens (including phenoxy) is 1. The van der Waals surface area contributed by atoms with Gasteiger partial charge >= 0.3 is 6.18 Å². The molecular formula is C29H35F3N4O2. The number of benzene rings is 2. The van der Waals surface area contributed by atoms with Gasteiger partial charge in [-0.05, 0) is 49.0 Å². The Kier molecular flexibility index (Phi) is 9.60. The molecule has 0 spiro atoms. The van der Waals surface area contributed by atoms with Gasteiger partial charge in [0.1, 0.15) is 17.7 Å². The molecule has 1 aliphatic rings. The number of likely N-dealkylation sites (N-methyl/N-ethyl adjacent to an activating group) is 1. The van der Waals surface area contributed by atoms with E-state index < -0.39 is 17.8 Å². The fourth-order valence-corrected chi connectivity index (χ4v) is 4.69. The van der Waals surface area contributed by atoms with E-state index in [1.54, 1.807) is 6.20 Å². The van der Waals surface area contributed by atoms with E-state index >= 15 is 0 Å². The topological polar surface area (TPSA) is 52.1 Å². The maximum Gasteiger partial charge on any atom is 0.416 e. The summed E-state index contributed by atoms with van der Waals surface area (Å²) in [5.41, 5.74) is 0.250. The number of aliphatic hydroxyl groups is 1. The smallest absolute Gasteiger partial charge is 0.416 e. The van der Waals surface area contributed by atoms with Crippen molar-refractivity contribution in [2.75, 3.05) is 57.8 Å². The van der Waals surface area contributed by atoms with Crippen molar-refractivity contribution >= 4 is 5.82 Å². The first-order valence-electron chi connectivity index (χ1n) is 12.9. The molecule has 1 N–H and O–H groups in total. The number of aliphatic hydroxyl groups excluding tert-OH is 1. The summed E-state index contributed by atoms with van der Waals surface area (Å²) in [6.07, 6.45) is -2.78. The van der Waals surface area contributed by atoms with Crippen molar-refractivity contribution in [1.29, 1.82) is 0 Å². The fraction of sp³-hybridized carbons (Fsp3) is 0.414. The molecule has 2 aromatic carbocycles. The van der Waals surface area contributed by atoms with Gasteiger partial charge in [-0.3, -0.25) is 4.90 Å². The molecule has 0 radical (unpaired) electrons. The minimum Gasteiger partial charge on any atom is -0.486 e. The lowest BCUT2D eigenvalue weighted by atomic mass is 10.1. The zero-order valence-electron chi connectivity index (χ0n) is 21.6. The third kappa shape index (κ3) is 8.18. The Balaban J connectivity index is 1.26. The molecule has 2 unspecified atom stereocenters. The molecule has 2 heterocycles. The van der Waals surface area contributed by atoms with Crippen LogP contribution in [0.5, 0.6) is 5.75 Å². The van der Waals surface area contributed by atoms with E-state index in [2.05, 4.69) is 19.7 Å². The molecule has 2 atom stereocenters. The molecule has 3 aromatic rings. The highest BCUT2D eigenvalue weighted by molar-refractivity contribution is 5.38. The second-order valence-corrected chi connectivity index (χ2v) is 9.72. The lowest BCUT2D eigenvalue weighted by Crippen LogP contribution is -2.50. The van der Waals surface area contributed by atoms with E-state index in [0.717, 1.165) is 49.7 Å². The standard InChI is InChI=1S/C29H35F3N4O2/c1-34(21-25(37)22-35-17-19-36(20-18-35)28-9-5-6-15-33-28)16-14-27(23-7-3-2-4-8-23)38-26-12-10-24(11-13-26)29(30,31)32/h2-13,15,25,27,37H,14,16-22H2,1H3. The lowest BCUT2D eigenvalue weighted by molar-refractivity contribution is -0.137. The predicted octanol–water partition coefficient (Wildman–Crippen LogP) is 4.73. The normalized spacial score (nSPS) is 16.4. The van der Waals surface area contributed by atoms with E-state index in [9.17, 15) is 18.3 Å². The third-order valence-electron chi connectivity index (χ3n) is 6.74. The van der Waals surface area contributed by atoms with Gasteiger partial charge in [0.25, 0.3) is 0 Å². The maximum absolute atomic E-state index is 12.9. The Morgan fingerprint density at radius 1 is 0.947 bits per heavy atom. The highest BCUT2D eigenvalue weighted by atomic mass is 19.4. The van der Waals surface area contributed by atoms with Crippen LogP contribution in [0.2, 0.25) is 0 Å². The van der Waals surface area contributed by atoms with Gasteiger partial charge in [0.2, 0.25) is 0 Å². The molecule has 0 saturated carbocycles. The van der Waals surface area contributed by atoms with Crippen molar-refractivity contribution in [3.63, 3.8) is 0 Å². The molecule has 4 rings (SSSR count). The number of alkyl halides is 3. The highest BCUT2D eigenvalue weighted by Gasteiger charge is 2.30. The number of β-amino-alcohol motifs (C(OH)–C–C–N with tert-alkyl or cyclic N) is 1. The van der Waals surface area contributed by atoms with Gasteiger partial charge in [0.15, 0.2) is 0 Å². The third-order valence-corrected chi connectivity index (χ3v) is 6.74. The number of nitrogens with zero attached hydrogens (tertiary/aromatic N) is 4. The first kappa shape index (κ1) is 27.9. The molecule has 1 saturated heterocycles. The Hall–Kier alpha value is -3.14. The molecule has 0 aliphatic carbocycles. The Bertz CT molecular complexity index is 1090. The number of aromatic nitrogens is 1. The first-order valence-corrected chi connectivity index (χ1v) is 12.9. The number of pyridine rings is 1. The molecule has 0 amide bonds. The van der Waals surface area contributed by atoms with Crippen molar-refractivity contribution in [2.24, 2.45) is 0 Å². The molecular weight excluding hydrogens is 493 g/mol. The van der Waals surface area contributed by atoms with Crippen LogP contribution in [0.3, 0.4) is 0 Å². The summed E-state index contributed by atoms with van der Waals surface area (Å²) in [5, 5.41) is 10.7. The minimum absolute atomic E-state index is 0.327. The van der Waals surface area contributed by atoms with Gasteiger partial charge in [-0.1, -0.05) is 36.4 Å². The number of hydrogen-bond donors (Lipinski definition) is 1. The number of hydrogen-bond acceptors (Lipinski definition) is 6. The molecule has 1 aromatic heterocycles. The second-order valence-electron chi connectivity index (χ2n) is 9.72. The van der Waals surface area contributed by atoms with Gasteiger partial charge in [-0.15, -0.1) is 0 Å². The molecule has 38 heavy (non-hydrogen) atoms. The van der Waals surface area contributed by atoms with Crippen LogP contribution in [0.15, 0.2) is 79.0 Å². The summed E-state index contributed by atoms with van der Waals surface area (Å²) in [7, 11) is 1.96. The van der Waals surface area contributed by atoms with Crippen molar-refractivity contribution in [3.05, 3.63) is 90.1 Å². The average molecular weight is 529 g/mol. The fourth-order valence-electron chi connectivity index (χ4n) is 4.69. The van der Waals surface area contributed by atoms with Gasteiger partial charge in [-0.2, -0.15) is 13.2 Å². The maximum atomic E-state index is 12.9. The zero-order chi connectivity index (χ0) is 27.0. The van der Waals surface area contributed by atoms with Crippen LogP contribution in [0.25, 0.3) is 0 Å². The van der Waals surface area contributed by atoms with Gasteiger partial charge in [-0.25, -0.2) is 4.98 Å². The second kappa shape index (κ2) is 13.1. The number of anilines is 1. The van der Waals surface area contributed by atoms with Crippen molar-refractivity contribution in [2.45, 2.75) is 24.8 Å². The monoisotopic (exact) mass is 528 g/mol. The summed E-state index contributed by atoms with van der Waals surface area (Å²) >= 11 is 0. The van der Waals surface area contributed by atoms with E-state index in [1.165, 1.54) is 12.1 Å². The van der Waals surface area contributed by atoms with Crippen LogP contribution in [0, 0.1) is 0 Å². The molecule has 9 heteroatoms. The average Bonchev–Trinajstić information content (AvgIpc) is 2.92. The van der Waals surface area contributed by atoms with E-state index in [1.807, 2.05) is 55.6 Å². The largest absolute Gasteiger partial charge is 0.486 e. The van der Waals surface area contributed by atoms with E-state index in [-0.39, 0.29) is 6.10 Å². The Morgan fingerprint density at radius 3 is 2.26 bits per heavy atom. The Morgan fingerprint density at radius 2 is 1.63 bits per heavy atom. The summed E-state index contributed by atoms with van der Waals surface area (Å²) in [4.78, 5) is 11.0. The Labute approximate surface area is 222 Å². The minimum atomic E-state index is -4.38. The molecule has 0 bridgehead atoms. The van der Waals surface area contributed by atoms with Crippen molar-refractivity contribution in [1.82, 2.24) is 14.8 Å².